The van der Waals surface area contributed by atoms with Crippen molar-refractivity contribution in [2.45, 2.75) is 18.6 Å². The van der Waals surface area contributed by atoms with E-state index in [1.165, 1.54) is 4.31 Å². The lowest BCUT2D eigenvalue weighted by Gasteiger charge is -2.26. The molecule has 1 aliphatic heterocycles. The highest BCUT2D eigenvalue weighted by Crippen LogP contribution is 2.33. The van der Waals surface area contributed by atoms with E-state index in [2.05, 4.69) is 15.3 Å². The van der Waals surface area contributed by atoms with Gasteiger partial charge in [0.25, 0.3) is 0 Å². The van der Waals surface area contributed by atoms with Crippen LogP contribution in [-0.4, -0.2) is 54.9 Å². The summed E-state index contributed by atoms with van der Waals surface area (Å²) in [7, 11) is -3.37. The zero-order valence-corrected chi connectivity index (χ0v) is 17.8. The molecule has 1 saturated heterocycles. The quantitative estimate of drug-likeness (QED) is 0.613. The van der Waals surface area contributed by atoms with Gasteiger partial charge in [-0.3, -0.25) is 4.79 Å². The average Bonchev–Trinajstić information content (AvgIpc) is 3.52. The molecule has 2 N–H and O–H groups in total. The van der Waals surface area contributed by atoms with Crippen molar-refractivity contribution in [1.82, 2.24) is 14.3 Å². The summed E-state index contributed by atoms with van der Waals surface area (Å²) in [5.41, 5.74) is 3.29. The molecule has 5 rings (SSSR count). The Morgan fingerprint density at radius 3 is 2.61 bits per heavy atom. The molecule has 8 nitrogen and oxygen atoms in total. The van der Waals surface area contributed by atoms with E-state index in [1.54, 1.807) is 0 Å². The number of nitrogens with one attached hydrogen (secondary N) is 2. The molecular weight excluding hydrogens is 416 g/mol. The smallest absolute Gasteiger partial charge is 0.228 e. The minimum absolute atomic E-state index is 0.00743. The van der Waals surface area contributed by atoms with Gasteiger partial charge >= 0.3 is 0 Å². The lowest BCUT2D eigenvalue weighted by atomic mass is 10.0. The fourth-order valence-electron chi connectivity index (χ4n) is 3.82. The minimum atomic E-state index is -3.37. The fourth-order valence-corrected chi connectivity index (χ4v) is 5.32. The summed E-state index contributed by atoms with van der Waals surface area (Å²) in [4.78, 5) is 19.8. The van der Waals surface area contributed by atoms with Gasteiger partial charge in [-0.2, -0.15) is 4.31 Å². The van der Waals surface area contributed by atoms with Crippen LogP contribution in [0.25, 0.3) is 22.2 Å². The Balaban J connectivity index is 1.40. The highest BCUT2D eigenvalue weighted by molar-refractivity contribution is 7.88. The van der Waals surface area contributed by atoms with Crippen molar-refractivity contribution in [3.05, 3.63) is 48.2 Å². The van der Waals surface area contributed by atoms with Gasteiger partial charge in [0, 0.05) is 30.6 Å². The molecule has 1 saturated carbocycles. The van der Waals surface area contributed by atoms with Crippen molar-refractivity contribution >= 4 is 32.8 Å². The number of anilines is 1. The van der Waals surface area contributed by atoms with E-state index in [0.29, 0.717) is 37.8 Å². The summed E-state index contributed by atoms with van der Waals surface area (Å²) in [6.45, 7) is 1.68. The van der Waals surface area contributed by atoms with Crippen LogP contribution in [0.5, 0.6) is 0 Å². The van der Waals surface area contributed by atoms with Gasteiger partial charge in [-0.25, -0.2) is 13.4 Å². The summed E-state index contributed by atoms with van der Waals surface area (Å²) < 4.78 is 32.1. The Bertz CT molecular complexity index is 1210. The predicted octanol–water partition coefficient (Wildman–Crippen LogP) is 2.74. The van der Waals surface area contributed by atoms with Gasteiger partial charge in [-0.05, 0) is 41.7 Å². The molecule has 31 heavy (non-hydrogen) atoms. The molecule has 0 radical (unpaired) electrons. The number of rotatable bonds is 6. The minimum Gasteiger partial charge on any atom is -0.379 e. The summed E-state index contributed by atoms with van der Waals surface area (Å²) in [6.07, 6.45) is 3.67. The van der Waals surface area contributed by atoms with Crippen LogP contribution in [0.15, 0.2) is 42.6 Å². The molecule has 0 spiro atoms. The topological polar surface area (TPSA) is 104 Å². The number of aromatic amines is 1. The van der Waals surface area contributed by atoms with Gasteiger partial charge < -0.3 is 15.0 Å². The number of benzene rings is 1. The van der Waals surface area contributed by atoms with Gasteiger partial charge in [-0.15, -0.1) is 0 Å². The molecule has 1 amide bonds. The number of morpholine rings is 1. The molecule has 1 aliphatic carbocycles. The van der Waals surface area contributed by atoms with Gasteiger partial charge in [-0.1, -0.05) is 24.3 Å². The standard InChI is InChI=1S/C22H24N4O4S/c27-22(17-5-6-17)25-20-13-19(18-7-8-23-21(18)24-20)16-3-1-15(2-4-16)14-31(28,29)26-9-11-30-12-10-26/h1-4,7-8,13,17H,5-6,9-12,14H2,(H2,23,24,25,27). The number of pyridine rings is 1. The molecule has 9 heteroatoms. The van der Waals surface area contributed by atoms with Crippen molar-refractivity contribution < 1.29 is 17.9 Å². The largest absolute Gasteiger partial charge is 0.379 e. The third-order valence-electron chi connectivity index (χ3n) is 5.71. The van der Waals surface area contributed by atoms with Crippen molar-refractivity contribution in [2.75, 3.05) is 31.6 Å². The lowest BCUT2D eigenvalue weighted by Crippen LogP contribution is -2.41. The molecular formula is C22H24N4O4S. The molecule has 2 aliphatic rings. The number of ether oxygens (including phenoxy) is 1. The maximum absolute atomic E-state index is 12.7. The lowest BCUT2D eigenvalue weighted by molar-refractivity contribution is -0.117. The van der Waals surface area contributed by atoms with Crippen molar-refractivity contribution in [3.8, 4) is 11.1 Å². The van der Waals surface area contributed by atoms with Crippen LogP contribution in [0.4, 0.5) is 5.82 Å². The number of hydrogen-bond donors (Lipinski definition) is 2. The highest BCUT2D eigenvalue weighted by atomic mass is 32.2. The van der Waals surface area contributed by atoms with Gasteiger partial charge in [0.05, 0.1) is 19.0 Å². The van der Waals surface area contributed by atoms with E-state index in [-0.39, 0.29) is 17.6 Å². The Labute approximate surface area is 180 Å². The predicted molar refractivity (Wildman–Crippen MR) is 118 cm³/mol. The molecule has 0 atom stereocenters. The molecule has 2 fully saturated rings. The summed E-state index contributed by atoms with van der Waals surface area (Å²) in [5, 5.41) is 3.85. The third kappa shape index (κ3) is 4.34. The number of fused-ring (bicyclic) bond motifs is 1. The van der Waals surface area contributed by atoms with Gasteiger partial charge in [0.2, 0.25) is 15.9 Å². The monoisotopic (exact) mass is 440 g/mol. The first-order chi connectivity index (χ1) is 15.0. The number of carbonyl (C=O) groups is 1. The zero-order chi connectivity index (χ0) is 21.4. The van der Waals surface area contributed by atoms with Crippen LogP contribution in [0.3, 0.4) is 0 Å². The second-order valence-electron chi connectivity index (χ2n) is 8.02. The number of hydrogen-bond acceptors (Lipinski definition) is 5. The van der Waals surface area contributed by atoms with Crippen LogP contribution in [-0.2, 0) is 25.3 Å². The molecule has 3 aromatic rings. The number of H-pyrrole nitrogens is 1. The van der Waals surface area contributed by atoms with Crippen LogP contribution in [0.2, 0.25) is 0 Å². The second kappa shape index (κ2) is 8.07. The number of aromatic nitrogens is 2. The first kappa shape index (κ1) is 20.2. The SMILES string of the molecule is O=C(Nc1cc(-c2ccc(CS(=O)(=O)N3CCOCC3)cc2)c2cc[nH]c2n1)C1CC1. The van der Waals surface area contributed by atoms with E-state index in [0.717, 1.165) is 34.9 Å². The first-order valence-corrected chi connectivity index (χ1v) is 12.0. The Hall–Kier alpha value is -2.75. The summed E-state index contributed by atoms with van der Waals surface area (Å²) in [5.74, 6) is 0.581. The molecule has 0 bridgehead atoms. The molecule has 162 valence electrons. The van der Waals surface area contributed by atoms with Crippen LogP contribution >= 0.6 is 0 Å². The number of sulfonamides is 1. The van der Waals surface area contributed by atoms with E-state index >= 15 is 0 Å². The van der Waals surface area contributed by atoms with Crippen LogP contribution < -0.4 is 5.32 Å². The number of carbonyl (C=O) groups excluding carboxylic acids is 1. The Kier molecular flexibility index (Phi) is 5.25. The maximum atomic E-state index is 12.7. The molecule has 2 aromatic heterocycles. The zero-order valence-electron chi connectivity index (χ0n) is 17.0. The summed E-state index contributed by atoms with van der Waals surface area (Å²) >= 11 is 0. The Morgan fingerprint density at radius 1 is 1.16 bits per heavy atom. The maximum Gasteiger partial charge on any atom is 0.228 e. The van der Waals surface area contributed by atoms with E-state index < -0.39 is 10.0 Å². The van der Waals surface area contributed by atoms with Crippen molar-refractivity contribution in [3.63, 3.8) is 0 Å². The van der Waals surface area contributed by atoms with E-state index in [4.69, 9.17) is 4.74 Å². The normalized spacial score (nSPS) is 17.7. The van der Waals surface area contributed by atoms with Gasteiger partial charge in [0.1, 0.15) is 11.5 Å². The van der Waals surface area contributed by atoms with Crippen molar-refractivity contribution in [2.24, 2.45) is 5.92 Å². The van der Waals surface area contributed by atoms with Crippen LogP contribution in [0, 0.1) is 5.92 Å². The van der Waals surface area contributed by atoms with E-state index in [9.17, 15) is 13.2 Å². The number of nitrogens with zero attached hydrogens (tertiary/aromatic N) is 2. The van der Waals surface area contributed by atoms with Gasteiger partial charge in [0.15, 0.2) is 0 Å². The fraction of sp³-hybridized carbons (Fsp3) is 0.364. The van der Waals surface area contributed by atoms with Crippen molar-refractivity contribution in [1.29, 1.82) is 0 Å². The second-order valence-corrected chi connectivity index (χ2v) is 9.99. The van der Waals surface area contributed by atoms with Crippen LogP contribution in [0.1, 0.15) is 18.4 Å². The summed E-state index contributed by atoms with van der Waals surface area (Å²) in [6, 6.07) is 11.3. The molecule has 1 aromatic carbocycles. The molecule has 0 unspecified atom stereocenters. The van der Waals surface area contributed by atoms with E-state index in [1.807, 2.05) is 42.6 Å². The first-order valence-electron chi connectivity index (χ1n) is 10.4. The highest BCUT2D eigenvalue weighted by Gasteiger charge is 2.30. The molecule has 3 heterocycles. The third-order valence-corrected chi connectivity index (χ3v) is 7.56. The number of amides is 1. The Morgan fingerprint density at radius 2 is 1.90 bits per heavy atom. The average molecular weight is 441 g/mol.